The third kappa shape index (κ3) is 5.66. The van der Waals surface area contributed by atoms with Gasteiger partial charge in [-0.25, -0.2) is 0 Å². The molecular formula is C24H32N4O2. The van der Waals surface area contributed by atoms with Gasteiger partial charge in [0.05, 0.1) is 6.54 Å². The molecule has 0 radical (unpaired) electrons. The van der Waals surface area contributed by atoms with Gasteiger partial charge in [0, 0.05) is 26.7 Å². The first-order valence-electron chi connectivity index (χ1n) is 10.9. The normalized spacial score (nSPS) is 21.4. The summed E-state index contributed by atoms with van der Waals surface area (Å²) in [5.74, 6) is 3.09. The van der Waals surface area contributed by atoms with Gasteiger partial charge in [-0.3, -0.25) is 4.99 Å². The molecule has 2 heterocycles. The van der Waals surface area contributed by atoms with Crippen molar-refractivity contribution in [2.75, 3.05) is 46.4 Å². The van der Waals surface area contributed by atoms with Crippen LogP contribution in [0.1, 0.15) is 12.0 Å². The van der Waals surface area contributed by atoms with E-state index in [0.29, 0.717) is 19.1 Å². The lowest BCUT2D eigenvalue weighted by molar-refractivity contribution is 0.0936. The minimum atomic E-state index is -0.0293. The highest BCUT2D eigenvalue weighted by Gasteiger charge is 2.23. The van der Waals surface area contributed by atoms with Gasteiger partial charge in [0.2, 0.25) is 0 Å². The lowest BCUT2D eigenvalue weighted by Crippen LogP contribution is -2.46. The number of nitrogens with one attached hydrogen (secondary N) is 2. The average molecular weight is 409 g/mol. The number of para-hydroxylation sites is 2. The Morgan fingerprint density at radius 2 is 1.80 bits per heavy atom. The van der Waals surface area contributed by atoms with E-state index in [-0.39, 0.29) is 6.10 Å². The monoisotopic (exact) mass is 408 g/mol. The van der Waals surface area contributed by atoms with Crippen LogP contribution < -0.4 is 20.1 Å². The molecule has 4 rings (SSSR count). The Balaban J connectivity index is 1.15. The average Bonchev–Trinajstić information content (AvgIpc) is 3.26. The summed E-state index contributed by atoms with van der Waals surface area (Å²) in [4.78, 5) is 6.93. The maximum absolute atomic E-state index is 6.01. The summed E-state index contributed by atoms with van der Waals surface area (Å²) in [6, 6.07) is 18.5. The Hall–Kier alpha value is -2.73. The third-order valence-electron chi connectivity index (χ3n) is 5.78. The zero-order valence-corrected chi connectivity index (χ0v) is 17.7. The quantitative estimate of drug-likeness (QED) is 0.545. The Labute approximate surface area is 179 Å². The van der Waals surface area contributed by atoms with Crippen molar-refractivity contribution in [2.24, 2.45) is 10.9 Å². The standard InChI is InChI=1S/C24H32N4O2/c1-25-24(27-16-21-18-29-22-9-5-6-10-23(22)30-21)26-15-20-12-14-28(17-20)13-11-19-7-3-2-4-8-19/h2-10,20-21H,11-18H2,1H3,(H2,25,26,27). The second-order valence-electron chi connectivity index (χ2n) is 8.02. The largest absolute Gasteiger partial charge is 0.486 e. The van der Waals surface area contributed by atoms with E-state index in [1.807, 2.05) is 31.3 Å². The zero-order chi connectivity index (χ0) is 20.6. The Morgan fingerprint density at radius 1 is 1.03 bits per heavy atom. The highest BCUT2D eigenvalue weighted by molar-refractivity contribution is 5.79. The molecular weight excluding hydrogens is 376 g/mol. The van der Waals surface area contributed by atoms with Gasteiger partial charge in [-0.1, -0.05) is 42.5 Å². The minimum absolute atomic E-state index is 0.0293. The summed E-state index contributed by atoms with van der Waals surface area (Å²) in [5.41, 5.74) is 1.42. The first-order chi connectivity index (χ1) is 14.8. The van der Waals surface area contributed by atoms with Crippen molar-refractivity contribution >= 4 is 5.96 Å². The highest BCUT2D eigenvalue weighted by atomic mass is 16.6. The van der Waals surface area contributed by atoms with Crippen LogP contribution >= 0.6 is 0 Å². The molecule has 0 amide bonds. The van der Waals surface area contributed by atoms with Crippen molar-refractivity contribution in [2.45, 2.75) is 18.9 Å². The van der Waals surface area contributed by atoms with Crippen LogP contribution in [0.2, 0.25) is 0 Å². The predicted molar refractivity (Wildman–Crippen MR) is 120 cm³/mol. The second kappa shape index (κ2) is 10.3. The van der Waals surface area contributed by atoms with E-state index >= 15 is 0 Å². The van der Waals surface area contributed by atoms with E-state index in [2.05, 4.69) is 50.9 Å². The molecule has 2 aromatic carbocycles. The minimum Gasteiger partial charge on any atom is -0.486 e. The van der Waals surface area contributed by atoms with Crippen LogP contribution in [0.15, 0.2) is 59.6 Å². The molecule has 0 aromatic heterocycles. The molecule has 6 heteroatoms. The number of aliphatic imine (C=N–C) groups is 1. The summed E-state index contributed by atoms with van der Waals surface area (Å²) in [6.45, 7) is 5.59. The molecule has 160 valence electrons. The number of hydrogen-bond donors (Lipinski definition) is 2. The highest BCUT2D eigenvalue weighted by Crippen LogP contribution is 2.30. The van der Waals surface area contributed by atoms with Crippen molar-refractivity contribution in [3.63, 3.8) is 0 Å². The van der Waals surface area contributed by atoms with Crippen LogP contribution in [0.25, 0.3) is 0 Å². The number of ether oxygens (including phenoxy) is 2. The van der Waals surface area contributed by atoms with Crippen LogP contribution in [0, 0.1) is 5.92 Å². The molecule has 0 aliphatic carbocycles. The number of likely N-dealkylation sites (tertiary alicyclic amines) is 1. The van der Waals surface area contributed by atoms with Gasteiger partial charge in [-0.2, -0.15) is 0 Å². The fraction of sp³-hybridized carbons (Fsp3) is 0.458. The molecule has 2 aromatic rings. The molecule has 2 atom stereocenters. The Bertz CT molecular complexity index is 827. The van der Waals surface area contributed by atoms with Gasteiger partial charge in [-0.15, -0.1) is 0 Å². The molecule has 1 fully saturated rings. The number of rotatable bonds is 7. The fourth-order valence-corrected chi connectivity index (χ4v) is 4.05. The molecule has 2 aliphatic rings. The van der Waals surface area contributed by atoms with Crippen molar-refractivity contribution in [3.8, 4) is 11.5 Å². The summed E-state index contributed by atoms with van der Waals surface area (Å²) in [6.07, 6.45) is 2.32. The van der Waals surface area contributed by atoms with E-state index in [1.165, 1.54) is 18.5 Å². The van der Waals surface area contributed by atoms with Gasteiger partial charge in [0.1, 0.15) is 12.7 Å². The van der Waals surface area contributed by atoms with E-state index in [0.717, 1.165) is 43.5 Å². The van der Waals surface area contributed by atoms with Crippen LogP contribution in [0.3, 0.4) is 0 Å². The molecule has 2 N–H and O–H groups in total. The molecule has 30 heavy (non-hydrogen) atoms. The fourth-order valence-electron chi connectivity index (χ4n) is 4.05. The first-order valence-corrected chi connectivity index (χ1v) is 10.9. The summed E-state index contributed by atoms with van der Waals surface area (Å²) < 4.78 is 11.8. The van der Waals surface area contributed by atoms with Gasteiger partial charge in [0.25, 0.3) is 0 Å². The number of benzene rings is 2. The maximum atomic E-state index is 6.01. The van der Waals surface area contributed by atoms with Gasteiger partial charge in [0.15, 0.2) is 17.5 Å². The van der Waals surface area contributed by atoms with Crippen LogP contribution in [-0.4, -0.2) is 63.3 Å². The molecule has 0 bridgehead atoms. The van der Waals surface area contributed by atoms with Gasteiger partial charge >= 0.3 is 0 Å². The molecule has 2 unspecified atom stereocenters. The molecule has 6 nitrogen and oxygen atoms in total. The van der Waals surface area contributed by atoms with Crippen molar-refractivity contribution in [1.82, 2.24) is 15.5 Å². The topological polar surface area (TPSA) is 58.1 Å². The van der Waals surface area contributed by atoms with Crippen molar-refractivity contribution in [3.05, 3.63) is 60.2 Å². The van der Waals surface area contributed by atoms with Gasteiger partial charge < -0.3 is 25.0 Å². The SMILES string of the molecule is CN=C(NCC1CCN(CCc2ccccc2)C1)NCC1COc2ccccc2O1. The number of nitrogens with zero attached hydrogens (tertiary/aromatic N) is 2. The Morgan fingerprint density at radius 3 is 2.63 bits per heavy atom. The first kappa shape index (κ1) is 20.5. The lowest BCUT2D eigenvalue weighted by Gasteiger charge is -2.27. The van der Waals surface area contributed by atoms with E-state index < -0.39 is 0 Å². The van der Waals surface area contributed by atoms with E-state index in [1.54, 1.807) is 0 Å². The lowest BCUT2D eigenvalue weighted by atomic mass is 10.1. The van der Waals surface area contributed by atoms with Crippen molar-refractivity contribution < 1.29 is 9.47 Å². The third-order valence-corrected chi connectivity index (χ3v) is 5.78. The predicted octanol–water partition coefficient (Wildman–Crippen LogP) is 2.56. The van der Waals surface area contributed by atoms with Crippen LogP contribution in [0.5, 0.6) is 11.5 Å². The second-order valence-corrected chi connectivity index (χ2v) is 8.02. The molecule has 2 aliphatic heterocycles. The van der Waals surface area contributed by atoms with E-state index in [4.69, 9.17) is 9.47 Å². The molecule has 1 saturated heterocycles. The van der Waals surface area contributed by atoms with E-state index in [9.17, 15) is 0 Å². The number of guanidine groups is 1. The number of hydrogen-bond acceptors (Lipinski definition) is 4. The molecule has 0 saturated carbocycles. The van der Waals surface area contributed by atoms with Gasteiger partial charge in [-0.05, 0) is 43.0 Å². The number of fused-ring (bicyclic) bond motifs is 1. The summed E-state index contributed by atoms with van der Waals surface area (Å²) in [5, 5.41) is 6.85. The van der Waals surface area contributed by atoms with Crippen molar-refractivity contribution in [1.29, 1.82) is 0 Å². The molecule has 0 spiro atoms. The van der Waals surface area contributed by atoms with Crippen LogP contribution in [-0.2, 0) is 6.42 Å². The summed E-state index contributed by atoms with van der Waals surface area (Å²) in [7, 11) is 1.81. The smallest absolute Gasteiger partial charge is 0.191 e. The maximum Gasteiger partial charge on any atom is 0.191 e. The zero-order valence-electron chi connectivity index (χ0n) is 17.7. The summed E-state index contributed by atoms with van der Waals surface area (Å²) >= 11 is 0. The Kier molecular flexibility index (Phi) is 7.08. The van der Waals surface area contributed by atoms with Crippen LogP contribution in [0.4, 0.5) is 0 Å².